The predicted molar refractivity (Wildman–Crippen MR) is 55.9 cm³/mol. The summed E-state index contributed by atoms with van der Waals surface area (Å²) in [6, 6.07) is 2.60. The molecule has 0 aliphatic rings. The third kappa shape index (κ3) is 1.80. The zero-order valence-corrected chi connectivity index (χ0v) is 9.16. The van der Waals surface area contributed by atoms with Crippen molar-refractivity contribution >= 4 is 39.1 Å². The highest BCUT2D eigenvalue weighted by atomic mass is 35.5. The van der Waals surface area contributed by atoms with Crippen LogP contribution in [0, 0.1) is 5.82 Å². The molecule has 0 radical (unpaired) electrons. The number of hydrogen-bond donors (Lipinski definition) is 0. The van der Waals surface area contributed by atoms with Crippen molar-refractivity contribution in [3.63, 3.8) is 0 Å². The smallest absolute Gasteiger partial charge is 0.338 e. The molecule has 0 atom stereocenters. The molecule has 1 heterocycles. The summed E-state index contributed by atoms with van der Waals surface area (Å²) in [5, 5.41) is 0. The van der Waals surface area contributed by atoms with Gasteiger partial charge in [0.05, 0.1) is 17.4 Å². The van der Waals surface area contributed by atoms with Crippen molar-refractivity contribution in [1.82, 2.24) is 4.98 Å². The van der Waals surface area contributed by atoms with E-state index in [1.807, 2.05) is 0 Å². The van der Waals surface area contributed by atoms with Crippen LogP contribution >= 0.6 is 22.9 Å². The van der Waals surface area contributed by atoms with Gasteiger partial charge in [-0.05, 0) is 12.1 Å². The summed E-state index contributed by atoms with van der Waals surface area (Å²) in [5.41, 5.74) is 0.334. The molecule has 0 spiro atoms. The van der Waals surface area contributed by atoms with Crippen LogP contribution in [0.25, 0.3) is 10.2 Å². The maximum atomic E-state index is 13.4. The molecule has 2 aromatic rings. The summed E-state index contributed by atoms with van der Waals surface area (Å²) in [7, 11) is 1.24. The number of esters is 1. The van der Waals surface area contributed by atoms with Gasteiger partial charge in [0.2, 0.25) is 0 Å². The van der Waals surface area contributed by atoms with Crippen LogP contribution in [0.5, 0.6) is 0 Å². The number of rotatable bonds is 1. The standard InChI is InChI=1S/C9H5ClFNO2S/c1-14-8(13)4-2-5(11)7-6(3-4)15-9(10)12-7/h2-3H,1H3. The van der Waals surface area contributed by atoms with E-state index in [4.69, 9.17) is 11.6 Å². The summed E-state index contributed by atoms with van der Waals surface area (Å²) >= 11 is 6.76. The first kappa shape index (κ1) is 10.3. The second-order valence-electron chi connectivity index (χ2n) is 2.76. The minimum Gasteiger partial charge on any atom is -0.465 e. The second kappa shape index (κ2) is 3.75. The van der Waals surface area contributed by atoms with Crippen LogP contribution in [0.15, 0.2) is 12.1 Å². The molecule has 0 N–H and O–H groups in total. The van der Waals surface area contributed by atoms with Gasteiger partial charge in [-0.15, -0.1) is 11.3 Å². The molecule has 0 aliphatic carbocycles. The van der Waals surface area contributed by atoms with Crippen LogP contribution in [0.2, 0.25) is 4.47 Å². The van der Waals surface area contributed by atoms with E-state index >= 15 is 0 Å². The van der Waals surface area contributed by atoms with E-state index < -0.39 is 11.8 Å². The Morgan fingerprint density at radius 3 is 3.00 bits per heavy atom. The van der Waals surface area contributed by atoms with Crippen LogP contribution in [0.3, 0.4) is 0 Å². The summed E-state index contributed by atoms with van der Waals surface area (Å²) in [4.78, 5) is 15.0. The maximum absolute atomic E-state index is 13.4. The average Bonchev–Trinajstić information content (AvgIpc) is 2.58. The Morgan fingerprint density at radius 2 is 2.33 bits per heavy atom. The van der Waals surface area contributed by atoms with Crippen LogP contribution in [-0.4, -0.2) is 18.1 Å². The van der Waals surface area contributed by atoms with Crippen molar-refractivity contribution < 1.29 is 13.9 Å². The Balaban J connectivity index is 2.66. The molecule has 0 amide bonds. The fourth-order valence-electron chi connectivity index (χ4n) is 1.20. The molecular weight excluding hydrogens is 241 g/mol. The van der Waals surface area contributed by atoms with Crippen molar-refractivity contribution in [1.29, 1.82) is 0 Å². The lowest BCUT2D eigenvalue weighted by atomic mass is 10.2. The summed E-state index contributed by atoms with van der Waals surface area (Å²) < 4.78 is 18.7. The summed E-state index contributed by atoms with van der Waals surface area (Å²) in [5.74, 6) is -1.16. The SMILES string of the molecule is COC(=O)c1cc(F)c2nc(Cl)sc2c1. The number of fused-ring (bicyclic) bond motifs is 1. The van der Waals surface area contributed by atoms with E-state index in [0.29, 0.717) is 4.70 Å². The number of methoxy groups -OCH3 is 1. The van der Waals surface area contributed by atoms with E-state index in [1.165, 1.54) is 13.2 Å². The first-order chi connectivity index (χ1) is 7.11. The van der Waals surface area contributed by atoms with E-state index in [1.54, 1.807) is 0 Å². The van der Waals surface area contributed by atoms with Crippen molar-refractivity contribution in [2.45, 2.75) is 0 Å². The fraction of sp³-hybridized carbons (Fsp3) is 0.111. The Labute approximate surface area is 93.4 Å². The van der Waals surface area contributed by atoms with Gasteiger partial charge in [-0.2, -0.15) is 0 Å². The molecule has 2 rings (SSSR count). The Kier molecular flexibility index (Phi) is 2.58. The molecule has 15 heavy (non-hydrogen) atoms. The topological polar surface area (TPSA) is 39.2 Å². The number of ether oxygens (including phenoxy) is 1. The number of thiazole rings is 1. The van der Waals surface area contributed by atoms with Crippen LogP contribution in [0.4, 0.5) is 4.39 Å². The first-order valence-corrected chi connectivity index (χ1v) is 5.15. The number of carbonyl (C=O) groups excluding carboxylic acids is 1. The van der Waals surface area contributed by atoms with Crippen molar-refractivity contribution in [2.24, 2.45) is 0 Å². The minimum atomic E-state index is -0.583. The fourth-order valence-corrected chi connectivity index (χ4v) is 2.28. The Bertz CT molecular complexity index is 540. The number of halogens is 2. The van der Waals surface area contributed by atoms with E-state index in [0.717, 1.165) is 17.4 Å². The zero-order chi connectivity index (χ0) is 11.0. The van der Waals surface area contributed by atoms with Crippen LogP contribution in [0.1, 0.15) is 10.4 Å². The summed E-state index contributed by atoms with van der Waals surface area (Å²) in [6.45, 7) is 0. The third-order valence-corrected chi connectivity index (χ3v) is 2.95. The molecule has 0 saturated heterocycles. The average molecular weight is 246 g/mol. The molecule has 0 saturated carbocycles. The van der Waals surface area contributed by atoms with Gasteiger partial charge in [-0.3, -0.25) is 0 Å². The van der Waals surface area contributed by atoms with Gasteiger partial charge in [0, 0.05) is 0 Å². The lowest BCUT2D eigenvalue weighted by Gasteiger charge is -1.99. The largest absolute Gasteiger partial charge is 0.465 e. The molecule has 6 heteroatoms. The molecule has 1 aromatic carbocycles. The number of benzene rings is 1. The monoisotopic (exact) mass is 245 g/mol. The van der Waals surface area contributed by atoms with Gasteiger partial charge in [0.15, 0.2) is 10.3 Å². The number of hydrogen-bond acceptors (Lipinski definition) is 4. The second-order valence-corrected chi connectivity index (χ2v) is 4.38. The van der Waals surface area contributed by atoms with Crippen LogP contribution < -0.4 is 0 Å². The van der Waals surface area contributed by atoms with Gasteiger partial charge in [0.1, 0.15) is 5.52 Å². The Morgan fingerprint density at radius 1 is 1.60 bits per heavy atom. The summed E-state index contributed by atoms with van der Waals surface area (Å²) in [6.07, 6.45) is 0. The lowest BCUT2D eigenvalue weighted by molar-refractivity contribution is 0.0600. The molecule has 78 valence electrons. The van der Waals surface area contributed by atoms with Gasteiger partial charge < -0.3 is 4.74 Å². The Hall–Kier alpha value is -1.20. The molecule has 0 aliphatic heterocycles. The number of carbonyl (C=O) groups is 1. The highest BCUT2D eigenvalue weighted by Gasteiger charge is 2.13. The predicted octanol–water partition coefficient (Wildman–Crippen LogP) is 2.88. The highest BCUT2D eigenvalue weighted by molar-refractivity contribution is 7.22. The highest BCUT2D eigenvalue weighted by Crippen LogP contribution is 2.28. The van der Waals surface area contributed by atoms with Gasteiger partial charge in [-0.1, -0.05) is 11.6 Å². The molecular formula is C9H5ClFNO2S. The molecule has 0 fully saturated rings. The van der Waals surface area contributed by atoms with Gasteiger partial charge in [0.25, 0.3) is 0 Å². The molecule has 0 bridgehead atoms. The normalized spacial score (nSPS) is 10.6. The first-order valence-electron chi connectivity index (χ1n) is 3.95. The van der Waals surface area contributed by atoms with E-state index in [2.05, 4.69) is 9.72 Å². The van der Waals surface area contributed by atoms with Crippen LogP contribution in [-0.2, 0) is 4.74 Å². The third-order valence-electron chi connectivity index (χ3n) is 1.84. The zero-order valence-electron chi connectivity index (χ0n) is 7.58. The van der Waals surface area contributed by atoms with E-state index in [-0.39, 0.29) is 15.5 Å². The molecule has 3 nitrogen and oxygen atoms in total. The quantitative estimate of drug-likeness (QED) is 0.726. The van der Waals surface area contributed by atoms with Crippen molar-refractivity contribution in [3.05, 3.63) is 28.0 Å². The maximum Gasteiger partial charge on any atom is 0.338 e. The van der Waals surface area contributed by atoms with Gasteiger partial charge in [-0.25, -0.2) is 14.2 Å². The number of aromatic nitrogens is 1. The molecule has 0 unspecified atom stereocenters. The van der Waals surface area contributed by atoms with Gasteiger partial charge >= 0.3 is 5.97 Å². The van der Waals surface area contributed by atoms with Crippen molar-refractivity contribution in [3.8, 4) is 0 Å². The number of nitrogens with zero attached hydrogens (tertiary/aromatic N) is 1. The molecule has 1 aromatic heterocycles. The van der Waals surface area contributed by atoms with Crippen molar-refractivity contribution in [2.75, 3.05) is 7.11 Å². The lowest BCUT2D eigenvalue weighted by Crippen LogP contribution is -2.01. The minimum absolute atomic E-state index is 0.155. The van der Waals surface area contributed by atoms with E-state index in [9.17, 15) is 9.18 Å².